The van der Waals surface area contributed by atoms with Crippen molar-refractivity contribution in [3.63, 3.8) is 0 Å². The molecule has 2 unspecified atom stereocenters. The number of carbonyl (C=O) groups excluding carboxylic acids is 2. The van der Waals surface area contributed by atoms with Crippen LogP contribution in [0.1, 0.15) is 106 Å². The fraction of sp³-hybridized carbons (Fsp3) is 0.949. The van der Waals surface area contributed by atoms with Gasteiger partial charge < -0.3 is 33.9 Å². The van der Waals surface area contributed by atoms with Crippen LogP contribution in [0.5, 0.6) is 0 Å². The van der Waals surface area contributed by atoms with Gasteiger partial charge in [-0.1, -0.05) is 48.5 Å². The fourth-order valence-electron chi connectivity index (χ4n) is 13.2. The van der Waals surface area contributed by atoms with Crippen LogP contribution in [0.4, 0.5) is 9.59 Å². The van der Waals surface area contributed by atoms with Crippen molar-refractivity contribution in [3.05, 3.63) is 0 Å². The minimum Gasteiger partial charge on any atom is -0.446 e. The summed E-state index contributed by atoms with van der Waals surface area (Å²) >= 11 is 0. The number of methoxy groups -OCH3 is 1. The van der Waals surface area contributed by atoms with E-state index in [1.807, 2.05) is 4.90 Å². The van der Waals surface area contributed by atoms with Crippen molar-refractivity contribution < 1.29 is 33.6 Å². The summed E-state index contributed by atoms with van der Waals surface area (Å²) in [5, 5.41) is 12.2. The molecule has 6 rings (SSSR count). The summed E-state index contributed by atoms with van der Waals surface area (Å²) in [6.45, 7) is 18.6. The maximum absolute atomic E-state index is 13.2. The molecule has 5 aliphatic carbocycles. The van der Waals surface area contributed by atoms with Crippen molar-refractivity contribution >= 4 is 12.2 Å². The average molecular weight is 675 g/mol. The van der Waals surface area contributed by atoms with Crippen LogP contribution in [0, 0.1) is 56.7 Å². The molecule has 9 heteroatoms. The molecule has 0 aromatic heterocycles. The molecular formula is C39H66N2O7. The van der Waals surface area contributed by atoms with Crippen LogP contribution in [0.3, 0.4) is 0 Å². The summed E-state index contributed by atoms with van der Waals surface area (Å²) in [5.41, 5.74) is 0.347. The van der Waals surface area contributed by atoms with Gasteiger partial charge in [0.15, 0.2) is 0 Å². The van der Waals surface area contributed by atoms with Crippen LogP contribution in [0.25, 0.3) is 0 Å². The third-order valence-electron chi connectivity index (χ3n) is 15.9. The standard InChI is InChI=1S/C39H66N2O7/c1-24(2)32(48-33(43)40(8)9)27(45-10)21-25(3)26-22-30(42)37(7)29-12-11-28-35(4,5)31(47-34(44)41-17-19-46-20-18-41)13-14-38(28)23-39(29,38)16-15-36(26,37)6/h24-32,42H,11-23H2,1-10H3/t25-,26-,27?,28+,29?,30+,31+,32-,36-,37-,38-,39+/m1/s1. The third kappa shape index (κ3) is 5.24. The number of aliphatic hydroxyl groups is 1. The van der Waals surface area contributed by atoms with Crippen LogP contribution in [0.15, 0.2) is 0 Å². The van der Waals surface area contributed by atoms with Crippen molar-refractivity contribution in [2.45, 2.75) is 131 Å². The van der Waals surface area contributed by atoms with E-state index >= 15 is 0 Å². The first-order valence-corrected chi connectivity index (χ1v) is 19.1. The molecule has 1 saturated heterocycles. The third-order valence-corrected chi connectivity index (χ3v) is 15.9. The molecule has 2 amide bonds. The van der Waals surface area contributed by atoms with Gasteiger partial charge in [0.2, 0.25) is 0 Å². The number of ether oxygens (including phenoxy) is 4. The van der Waals surface area contributed by atoms with Gasteiger partial charge in [-0.05, 0) is 104 Å². The molecule has 1 N–H and O–H groups in total. The number of rotatable bonds is 8. The second kappa shape index (κ2) is 12.6. The maximum atomic E-state index is 13.2. The van der Waals surface area contributed by atoms with Gasteiger partial charge in [-0.25, -0.2) is 9.59 Å². The molecule has 0 bridgehead atoms. The summed E-state index contributed by atoms with van der Waals surface area (Å²) < 4.78 is 23.8. The number of fused-ring (bicyclic) bond motifs is 2. The summed E-state index contributed by atoms with van der Waals surface area (Å²) in [6.07, 6.45) is 8.14. The Morgan fingerprint density at radius 1 is 0.958 bits per heavy atom. The lowest BCUT2D eigenvalue weighted by Gasteiger charge is -2.64. The van der Waals surface area contributed by atoms with Gasteiger partial charge >= 0.3 is 12.2 Å². The van der Waals surface area contributed by atoms with E-state index in [1.165, 1.54) is 17.7 Å². The highest BCUT2D eigenvalue weighted by Crippen LogP contribution is 2.89. The van der Waals surface area contributed by atoms with Gasteiger partial charge in [0.25, 0.3) is 0 Å². The molecule has 2 spiro atoms. The van der Waals surface area contributed by atoms with Crippen LogP contribution in [-0.4, -0.2) is 99.0 Å². The molecule has 0 aromatic rings. The summed E-state index contributed by atoms with van der Waals surface area (Å²) in [6, 6.07) is 0. The second-order valence-electron chi connectivity index (χ2n) is 18.5. The lowest BCUT2D eigenvalue weighted by molar-refractivity contribution is -0.183. The fourth-order valence-corrected chi connectivity index (χ4v) is 13.2. The molecular weight excluding hydrogens is 608 g/mol. The van der Waals surface area contributed by atoms with Gasteiger partial charge in [-0.2, -0.15) is 0 Å². The summed E-state index contributed by atoms with van der Waals surface area (Å²) in [7, 11) is 5.17. The number of hydrogen-bond acceptors (Lipinski definition) is 7. The Hall–Kier alpha value is -1.58. The van der Waals surface area contributed by atoms with E-state index in [9.17, 15) is 14.7 Å². The molecule has 6 fully saturated rings. The molecule has 0 aromatic carbocycles. The lowest BCUT2D eigenvalue weighted by Crippen LogP contribution is -2.60. The molecule has 0 radical (unpaired) electrons. The molecule has 1 heterocycles. The van der Waals surface area contributed by atoms with Gasteiger partial charge in [0.1, 0.15) is 12.2 Å². The molecule has 9 nitrogen and oxygen atoms in total. The largest absolute Gasteiger partial charge is 0.446 e. The molecule has 274 valence electrons. The Kier molecular flexibility index (Phi) is 9.49. The molecule has 12 atom stereocenters. The molecule has 6 aliphatic rings. The van der Waals surface area contributed by atoms with Crippen LogP contribution < -0.4 is 0 Å². The monoisotopic (exact) mass is 674 g/mol. The quantitative estimate of drug-likeness (QED) is 0.296. The van der Waals surface area contributed by atoms with Crippen molar-refractivity contribution in [3.8, 4) is 0 Å². The SMILES string of the molecule is COC(C[C@@H](C)[C@H]1C[C@H](O)[C@@]2(C)C3CC[C@H]4C(C)(C)[C@@H](OC(=O)N5CCOCC5)CC[C@@]45C[C@@]35CC[C@]12C)[C@H](OC(=O)N(C)C)C(C)C. The number of carbonyl (C=O) groups is 2. The smallest absolute Gasteiger partial charge is 0.410 e. The van der Waals surface area contributed by atoms with E-state index in [1.54, 1.807) is 21.2 Å². The number of amides is 2. The maximum Gasteiger partial charge on any atom is 0.410 e. The Morgan fingerprint density at radius 3 is 2.23 bits per heavy atom. The van der Waals surface area contributed by atoms with E-state index in [-0.39, 0.29) is 69.6 Å². The van der Waals surface area contributed by atoms with Crippen molar-refractivity contribution in [2.75, 3.05) is 47.5 Å². The van der Waals surface area contributed by atoms with E-state index in [0.29, 0.717) is 50.0 Å². The van der Waals surface area contributed by atoms with Crippen molar-refractivity contribution in [2.24, 2.45) is 56.7 Å². The predicted molar refractivity (Wildman–Crippen MR) is 184 cm³/mol. The van der Waals surface area contributed by atoms with Crippen molar-refractivity contribution in [1.82, 2.24) is 9.80 Å². The summed E-state index contributed by atoms with van der Waals surface area (Å²) in [4.78, 5) is 29.0. The second-order valence-corrected chi connectivity index (χ2v) is 18.5. The van der Waals surface area contributed by atoms with Gasteiger partial charge in [-0.15, -0.1) is 0 Å². The van der Waals surface area contributed by atoms with Crippen molar-refractivity contribution in [1.29, 1.82) is 0 Å². The first-order chi connectivity index (χ1) is 22.5. The van der Waals surface area contributed by atoms with E-state index in [0.717, 1.165) is 44.9 Å². The van der Waals surface area contributed by atoms with E-state index < -0.39 is 0 Å². The first kappa shape index (κ1) is 36.2. The number of morpholine rings is 1. The van der Waals surface area contributed by atoms with Crippen LogP contribution in [0.2, 0.25) is 0 Å². The minimum atomic E-state index is -0.335. The highest BCUT2D eigenvalue weighted by molar-refractivity contribution is 5.68. The summed E-state index contributed by atoms with van der Waals surface area (Å²) in [5.74, 6) is 1.82. The van der Waals surface area contributed by atoms with Crippen LogP contribution >= 0.6 is 0 Å². The Balaban J connectivity index is 1.19. The van der Waals surface area contributed by atoms with E-state index in [4.69, 9.17) is 18.9 Å². The minimum absolute atomic E-state index is 0.0186. The average Bonchev–Trinajstić information content (AvgIpc) is 3.66. The van der Waals surface area contributed by atoms with Crippen LogP contribution in [-0.2, 0) is 18.9 Å². The topological polar surface area (TPSA) is 97.8 Å². The Bertz CT molecular complexity index is 1220. The number of aliphatic hydroxyl groups excluding tert-OH is 1. The molecule has 1 aliphatic heterocycles. The number of hydrogen-bond donors (Lipinski definition) is 1. The number of nitrogens with zero attached hydrogens (tertiary/aromatic N) is 2. The highest BCUT2D eigenvalue weighted by Gasteiger charge is 2.83. The predicted octanol–water partition coefficient (Wildman–Crippen LogP) is 7.00. The normalized spacial score (nSPS) is 43.2. The first-order valence-electron chi connectivity index (χ1n) is 19.1. The Labute approximate surface area is 290 Å². The molecule has 48 heavy (non-hydrogen) atoms. The molecule has 5 saturated carbocycles. The van der Waals surface area contributed by atoms with Gasteiger partial charge in [0.05, 0.1) is 25.4 Å². The lowest BCUT2D eigenvalue weighted by atomic mass is 9.41. The van der Waals surface area contributed by atoms with E-state index in [2.05, 4.69) is 48.5 Å². The highest BCUT2D eigenvalue weighted by atomic mass is 16.6. The zero-order valence-electron chi connectivity index (χ0n) is 31.7. The zero-order chi connectivity index (χ0) is 35.0. The zero-order valence-corrected chi connectivity index (χ0v) is 31.7. The van der Waals surface area contributed by atoms with Gasteiger partial charge in [0, 0.05) is 45.1 Å². The van der Waals surface area contributed by atoms with Gasteiger partial charge in [-0.3, -0.25) is 0 Å². The Morgan fingerprint density at radius 2 is 1.60 bits per heavy atom.